The van der Waals surface area contributed by atoms with Gasteiger partial charge < -0.3 is 0 Å². The number of aromatic nitrogens is 1. The number of pyridine rings is 1. The Labute approximate surface area is 125 Å². The molecule has 0 saturated carbocycles. The summed E-state index contributed by atoms with van der Waals surface area (Å²) in [5.74, 6) is 0.723. The van der Waals surface area contributed by atoms with Gasteiger partial charge in [0, 0.05) is 22.4 Å². The number of nitrogens with zero attached hydrogens (tertiary/aromatic N) is 5. The van der Waals surface area contributed by atoms with Crippen molar-refractivity contribution in [1.29, 1.82) is 0 Å². The average molecular weight is 283 g/mol. The average Bonchev–Trinajstić information content (AvgIpc) is 3.17. The summed E-state index contributed by atoms with van der Waals surface area (Å²) in [4.78, 5) is 13.6. The second kappa shape index (κ2) is 4.14. The van der Waals surface area contributed by atoms with Crippen molar-refractivity contribution in [3.05, 3.63) is 64.8 Å². The number of fused-ring (bicyclic) bond motifs is 3. The molecule has 5 rings (SSSR count). The van der Waals surface area contributed by atoms with Crippen LogP contribution in [-0.2, 0) is 0 Å². The molecule has 3 aromatic rings. The van der Waals surface area contributed by atoms with E-state index < -0.39 is 0 Å². The number of azo groups is 1. The minimum absolute atomic E-state index is 0.723. The van der Waals surface area contributed by atoms with Gasteiger partial charge in [0.05, 0.1) is 28.4 Å². The molecular weight excluding hydrogens is 274 g/mol. The number of amidine groups is 1. The lowest BCUT2D eigenvalue weighted by molar-refractivity contribution is 1.31. The number of aliphatic imine (C=N–C) groups is 1. The fraction of sp³-hybridized carbons (Fsp3) is 0. The Morgan fingerprint density at radius 1 is 0.864 bits per heavy atom. The molecule has 0 unspecified atom stereocenters. The van der Waals surface area contributed by atoms with Gasteiger partial charge in [-0.05, 0) is 36.4 Å². The van der Waals surface area contributed by atoms with Gasteiger partial charge in [-0.15, -0.1) is 0 Å². The molecule has 3 heterocycles. The third-order valence-corrected chi connectivity index (χ3v) is 3.80. The largest absolute Gasteiger partial charge is 0.256 e. The van der Waals surface area contributed by atoms with E-state index in [1.165, 1.54) is 0 Å². The van der Waals surface area contributed by atoms with Crippen LogP contribution < -0.4 is 10.6 Å². The van der Waals surface area contributed by atoms with Crippen molar-refractivity contribution >= 4 is 34.3 Å². The van der Waals surface area contributed by atoms with Gasteiger partial charge in [0.2, 0.25) is 0 Å². The molecule has 0 N–H and O–H groups in total. The van der Waals surface area contributed by atoms with E-state index in [0.717, 1.165) is 44.3 Å². The molecule has 0 amide bonds. The zero-order valence-corrected chi connectivity index (χ0v) is 11.4. The number of hydrogen-bond acceptors (Lipinski definition) is 5. The van der Waals surface area contributed by atoms with Crippen molar-refractivity contribution in [2.45, 2.75) is 0 Å². The van der Waals surface area contributed by atoms with Gasteiger partial charge in [-0.1, -0.05) is 6.07 Å². The van der Waals surface area contributed by atoms with Gasteiger partial charge in [0.25, 0.3) is 0 Å². The summed E-state index contributed by atoms with van der Waals surface area (Å²) in [6.07, 6.45) is 3.53. The predicted molar refractivity (Wildman–Crippen MR) is 84.1 cm³/mol. The zero-order chi connectivity index (χ0) is 14.5. The normalized spacial score (nSPS) is 14.3. The van der Waals surface area contributed by atoms with Gasteiger partial charge in [0.1, 0.15) is 0 Å². The van der Waals surface area contributed by atoms with Gasteiger partial charge in [-0.25, -0.2) is 9.98 Å². The lowest BCUT2D eigenvalue weighted by Gasteiger charge is -2.00. The lowest BCUT2D eigenvalue weighted by Crippen LogP contribution is -2.06. The van der Waals surface area contributed by atoms with Crippen LogP contribution in [0.15, 0.2) is 68.9 Å². The molecule has 2 aliphatic rings. The maximum absolute atomic E-state index is 4.63. The van der Waals surface area contributed by atoms with Crippen LogP contribution >= 0.6 is 0 Å². The molecule has 102 valence electrons. The van der Waals surface area contributed by atoms with E-state index in [1.807, 2.05) is 36.4 Å². The Morgan fingerprint density at radius 3 is 2.86 bits per heavy atom. The summed E-state index contributed by atoms with van der Waals surface area (Å²) >= 11 is 0. The molecule has 0 bridgehead atoms. The van der Waals surface area contributed by atoms with Crippen LogP contribution in [0.1, 0.15) is 5.56 Å². The van der Waals surface area contributed by atoms with Gasteiger partial charge in [-0.2, -0.15) is 10.2 Å². The molecule has 0 spiro atoms. The smallest absolute Gasteiger partial charge is 0.160 e. The maximum atomic E-state index is 4.63. The number of benzene rings is 2. The van der Waals surface area contributed by atoms with Gasteiger partial charge in [-0.3, -0.25) is 4.98 Å². The van der Waals surface area contributed by atoms with E-state index in [2.05, 4.69) is 31.3 Å². The molecule has 22 heavy (non-hydrogen) atoms. The Bertz CT molecular complexity index is 1130. The Kier molecular flexibility index (Phi) is 2.16. The van der Waals surface area contributed by atoms with Crippen LogP contribution in [0.4, 0.5) is 11.4 Å². The summed E-state index contributed by atoms with van der Waals surface area (Å²) in [5, 5.41) is 10.9. The topological polar surface area (TPSA) is 62.3 Å². The van der Waals surface area contributed by atoms with Crippen LogP contribution in [0, 0.1) is 0 Å². The summed E-state index contributed by atoms with van der Waals surface area (Å²) in [6, 6.07) is 13.9. The quantitative estimate of drug-likeness (QED) is 0.677. The van der Waals surface area contributed by atoms with E-state index in [1.54, 1.807) is 12.4 Å². The third kappa shape index (κ3) is 1.62. The molecule has 0 saturated heterocycles. The fourth-order valence-electron chi connectivity index (χ4n) is 2.70. The molecule has 0 fully saturated rings. The molecular formula is C17H9N5. The number of hydrogen-bond donors (Lipinski definition) is 0. The molecule has 0 radical (unpaired) electrons. The van der Waals surface area contributed by atoms with Crippen molar-refractivity contribution in [2.24, 2.45) is 20.2 Å². The summed E-state index contributed by atoms with van der Waals surface area (Å²) in [5.41, 5.74) is 3.67. The first-order valence-electron chi connectivity index (χ1n) is 6.94. The number of rotatable bonds is 1. The first kappa shape index (κ1) is 11.4. The van der Waals surface area contributed by atoms with E-state index in [9.17, 15) is 0 Å². The summed E-state index contributed by atoms with van der Waals surface area (Å²) in [7, 11) is 0. The molecule has 5 heteroatoms. The van der Waals surface area contributed by atoms with Crippen molar-refractivity contribution in [1.82, 2.24) is 4.98 Å². The summed E-state index contributed by atoms with van der Waals surface area (Å²) in [6.45, 7) is 0. The second-order valence-corrected chi connectivity index (χ2v) is 5.20. The van der Waals surface area contributed by atoms with Gasteiger partial charge in [0.15, 0.2) is 5.84 Å². The third-order valence-electron chi connectivity index (χ3n) is 3.80. The van der Waals surface area contributed by atoms with Gasteiger partial charge >= 0.3 is 0 Å². The molecule has 1 aromatic heterocycles. The minimum atomic E-state index is 0.723. The highest BCUT2D eigenvalue weighted by molar-refractivity contribution is 6.04. The Hall–Kier alpha value is -3.21. The summed E-state index contributed by atoms with van der Waals surface area (Å²) < 4.78 is 0. The highest BCUT2D eigenvalue weighted by Crippen LogP contribution is 2.20. The van der Waals surface area contributed by atoms with Crippen molar-refractivity contribution < 1.29 is 0 Å². The Morgan fingerprint density at radius 2 is 1.86 bits per heavy atom. The highest BCUT2D eigenvalue weighted by Gasteiger charge is 2.13. The first-order chi connectivity index (χ1) is 10.9. The highest BCUT2D eigenvalue weighted by atomic mass is 15.1. The first-order valence-corrected chi connectivity index (χ1v) is 6.94. The maximum Gasteiger partial charge on any atom is 0.160 e. The molecule has 2 aromatic carbocycles. The standard InChI is InChI=1S/C17H9N5/c1-2-10-6-11(3-4-13(10)18-5-1)17-20-15-7-12-9-19-22-14(12)8-16(15)21-17/h1-9H. The van der Waals surface area contributed by atoms with Crippen molar-refractivity contribution in [2.75, 3.05) is 0 Å². The SMILES string of the molecule is C1=c2cc3c(cc2N=N1)=NC(c1ccc2ncccc2c1)=N3. The Balaban J connectivity index is 1.67. The second-order valence-electron chi connectivity index (χ2n) is 5.20. The lowest BCUT2D eigenvalue weighted by atomic mass is 10.1. The fourth-order valence-corrected chi connectivity index (χ4v) is 2.70. The predicted octanol–water partition coefficient (Wildman–Crippen LogP) is 2.78. The van der Waals surface area contributed by atoms with Crippen LogP contribution in [0.5, 0.6) is 0 Å². The monoisotopic (exact) mass is 283 g/mol. The van der Waals surface area contributed by atoms with Crippen LogP contribution in [-0.4, -0.2) is 10.8 Å². The van der Waals surface area contributed by atoms with Crippen molar-refractivity contribution in [3.8, 4) is 0 Å². The molecule has 0 atom stereocenters. The van der Waals surface area contributed by atoms with Crippen LogP contribution in [0.25, 0.3) is 17.1 Å². The van der Waals surface area contributed by atoms with Crippen LogP contribution in [0.3, 0.4) is 0 Å². The van der Waals surface area contributed by atoms with E-state index in [4.69, 9.17) is 0 Å². The zero-order valence-electron chi connectivity index (χ0n) is 11.4. The molecule has 5 nitrogen and oxygen atoms in total. The van der Waals surface area contributed by atoms with Crippen LogP contribution in [0.2, 0.25) is 0 Å². The van der Waals surface area contributed by atoms with Crippen molar-refractivity contribution in [3.63, 3.8) is 0 Å². The van der Waals surface area contributed by atoms with E-state index in [0.29, 0.717) is 0 Å². The van der Waals surface area contributed by atoms with E-state index >= 15 is 0 Å². The van der Waals surface area contributed by atoms with E-state index in [-0.39, 0.29) is 0 Å². The molecule has 0 aliphatic carbocycles. The molecule has 2 aliphatic heterocycles. The minimum Gasteiger partial charge on any atom is -0.256 e.